The number of rotatable bonds is 2. The van der Waals surface area contributed by atoms with Crippen molar-refractivity contribution in [3.63, 3.8) is 0 Å². The maximum Gasteiger partial charge on any atom is 0.359 e. The second kappa shape index (κ2) is 5.00. The summed E-state index contributed by atoms with van der Waals surface area (Å²) in [7, 11) is 1.71. The number of aromatic nitrogens is 2. The maximum absolute atomic E-state index is 12.2. The molecule has 1 fully saturated rings. The van der Waals surface area contributed by atoms with E-state index in [0.717, 1.165) is 19.3 Å². The first-order valence-corrected chi connectivity index (χ1v) is 6.50. The van der Waals surface area contributed by atoms with E-state index < -0.39 is 0 Å². The quantitative estimate of drug-likeness (QED) is 0.817. The lowest BCUT2D eigenvalue weighted by Crippen LogP contribution is -2.29. The Morgan fingerprint density at radius 3 is 2.67 bits per heavy atom. The van der Waals surface area contributed by atoms with Gasteiger partial charge in [-0.15, -0.1) is 0 Å². The number of hydrogen-bond donors (Lipinski definition) is 1. The zero-order chi connectivity index (χ0) is 13.3. The summed E-state index contributed by atoms with van der Waals surface area (Å²) in [6.45, 7) is 3.92. The Bertz CT molecular complexity index is 453. The van der Waals surface area contributed by atoms with E-state index in [-0.39, 0.29) is 12.1 Å². The van der Waals surface area contributed by atoms with Gasteiger partial charge in [-0.05, 0) is 32.1 Å². The Morgan fingerprint density at radius 1 is 1.44 bits per heavy atom. The summed E-state index contributed by atoms with van der Waals surface area (Å²) in [5.41, 5.74) is 7.32. The SMILES string of the molecule is Cc1nn(C)c(C(=O)OC2CCCCC2C)c1N. The normalized spacial score (nSPS) is 23.9. The molecule has 0 radical (unpaired) electrons. The van der Waals surface area contributed by atoms with Crippen LogP contribution < -0.4 is 5.73 Å². The molecule has 0 bridgehead atoms. The minimum Gasteiger partial charge on any atom is -0.457 e. The summed E-state index contributed by atoms with van der Waals surface area (Å²) < 4.78 is 7.09. The second-order valence-electron chi connectivity index (χ2n) is 5.18. The van der Waals surface area contributed by atoms with E-state index >= 15 is 0 Å². The van der Waals surface area contributed by atoms with Crippen molar-refractivity contribution in [2.45, 2.75) is 45.6 Å². The molecule has 0 aliphatic heterocycles. The van der Waals surface area contributed by atoms with E-state index in [1.165, 1.54) is 11.1 Å². The van der Waals surface area contributed by atoms with Gasteiger partial charge in [-0.2, -0.15) is 5.10 Å². The van der Waals surface area contributed by atoms with Crippen LogP contribution in [0.15, 0.2) is 0 Å². The number of nitrogens with zero attached hydrogens (tertiary/aromatic N) is 2. The molecule has 2 atom stereocenters. The lowest BCUT2D eigenvalue weighted by Gasteiger charge is -2.28. The summed E-state index contributed by atoms with van der Waals surface area (Å²) >= 11 is 0. The Morgan fingerprint density at radius 2 is 2.11 bits per heavy atom. The number of nitrogens with two attached hydrogens (primary N) is 1. The van der Waals surface area contributed by atoms with Crippen LogP contribution in [0, 0.1) is 12.8 Å². The molecule has 0 spiro atoms. The van der Waals surface area contributed by atoms with E-state index in [1.54, 1.807) is 14.0 Å². The van der Waals surface area contributed by atoms with Crippen LogP contribution in [-0.2, 0) is 11.8 Å². The molecule has 0 saturated heterocycles. The lowest BCUT2D eigenvalue weighted by atomic mass is 9.88. The van der Waals surface area contributed by atoms with Gasteiger partial charge in [0.25, 0.3) is 0 Å². The lowest BCUT2D eigenvalue weighted by molar-refractivity contribution is 0.00383. The molecule has 0 amide bonds. The van der Waals surface area contributed by atoms with Crippen molar-refractivity contribution in [2.75, 3.05) is 5.73 Å². The Hall–Kier alpha value is -1.52. The molecule has 1 aromatic rings. The van der Waals surface area contributed by atoms with Gasteiger partial charge in [0.15, 0.2) is 5.69 Å². The van der Waals surface area contributed by atoms with Crippen molar-refractivity contribution in [2.24, 2.45) is 13.0 Å². The predicted octanol–water partition coefficient (Wildman–Crippen LogP) is 2.05. The van der Waals surface area contributed by atoms with Crippen molar-refractivity contribution in [3.05, 3.63) is 11.4 Å². The molecular formula is C13H21N3O2. The molecule has 5 nitrogen and oxygen atoms in total. The van der Waals surface area contributed by atoms with E-state index in [1.807, 2.05) is 0 Å². The van der Waals surface area contributed by atoms with Crippen molar-refractivity contribution >= 4 is 11.7 Å². The van der Waals surface area contributed by atoms with E-state index in [0.29, 0.717) is 23.0 Å². The molecule has 5 heteroatoms. The van der Waals surface area contributed by atoms with Crippen LogP contribution in [0.5, 0.6) is 0 Å². The van der Waals surface area contributed by atoms with Crippen molar-refractivity contribution in [3.8, 4) is 0 Å². The van der Waals surface area contributed by atoms with E-state index in [2.05, 4.69) is 12.0 Å². The zero-order valence-corrected chi connectivity index (χ0v) is 11.3. The topological polar surface area (TPSA) is 70.1 Å². The molecule has 2 rings (SSSR count). The van der Waals surface area contributed by atoms with Gasteiger partial charge in [0, 0.05) is 7.05 Å². The van der Waals surface area contributed by atoms with Gasteiger partial charge >= 0.3 is 5.97 Å². The van der Waals surface area contributed by atoms with Crippen LogP contribution in [0.3, 0.4) is 0 Å². The monoisotopic (exact) mass is 251 g/mol. The second-order valence-corrected chi connectivity index (χ2v) is 5.18. The molecular weight excluding hydrogens is 230 g/mol. The van der Waals surface area contributed by atoms with Crippen LogP contribution in [0.1, 0.15) is 48.8 Å². The van der Waals surface area contributed by atoms with Crippen LogP contribution >= 0.6 is 0 Å². The molecule has 1 aromatic heterocycles. The van der Waals surface area contributed by atoms with Crippen molar-refractivity contribution in [1.29, 1.82) is 0 Å². The third-order valence-corrected chi connectivity index (χ3v) is 3.75. The van der Waals surface area contributed by atoms with Gasteiger partial charge in [0.05, 0.1) is 11.4 Å². The molecule has 1 aliphatic carbocycles. The first-order valence-electron chi connectivity index (χ1n) is 6.50. The average Bonchev–Trinajstić information content (AvgIpc) is 2.56. The Balaban J connectivity index is 2.12. The molecule has 18 heavy (non-hydrogen) atoms. The van der Waals surface area contributed by atoms with Crippen molar-refractivity contribution in [1.82, 2.24) is 9.78 Å². The highest BCUT2D eigenvalue weighted by atomic mass is 16.5. The van der Waals surface area contributed by atoms with Crippen molar-refractivity contribution < 1.29 is 9.53 Å². The summed E-state index contributed by atoms with van der Waals surface area (Å²) in [5.74, 6) is 0.0765. The Labute approximate surface area is 107 Å². The summed E-state index contributed by atoms with van der Waals surface area (Å²) in [6, 6.07) is 0. The minimum absolute atomic E-state index is 0.0147. The van der Waals surface area contributed by atoms with Crippen LogP contribution in [0.25, 0.3) is 0 Å². The highest BCUT2D eigenvalue weighted by Gasteiger charge is 2.28. The van der Waals surface area contributed by atoms with Crippen LogP contribution in [-0.4, -0.2) is 21.9 Å². The number of carbonyl (C=O) groups excluding carboxylic acids is 1. The maximum atomic E-state index is 12.2. The third-order valence-electron chi connectivity index (χ3n) is 3.75. The molecule has 2 unspecified atom stereocenters. The van der Waals surface area contributed by atoms with Gasteiger partial charge in [-0.3, -0.25) is 4.68 Å². The molecule has 100 valence electrons. The third kappa shape index (κ3) is 2.35. The highest BCUT2D eigenvalue weighted by Crippen LogP contribution is 2.27. The van der Waals surface area contributed by atoms with E-state index in [9.17, 15) is 4.79 Å². The summed E-state index contributed by atoms with van der Waals surface area (Å²) in [6.07, 6.45) is 4.44. The fourth-order valence-electron chi connectivity index (χ4n) is 2.57. The van der Waals surface area contributed by atoms with Crippen LogP contribution in [0.2, 0.25) is 0 Å². The molecule has 1 aliphatic rings. The average molecular weight is 251 g/mol. The van der Waals surface area contributed by atoms with Gasteiger partial charge in [-0.25, -0.2) is 4.79 Å². The standard InChI is InChI=1S/C13H21N3O2/c1-8-6-4-5-7-10(8)18-13(17)12-11(14)9(2)15-16(12)3/h8,10H,4-7,14H2,1-3H3. The first kappa shape index (κ1) is 12.9. The van der Waals surface area contributed by atoms with E-state index in [4.69, 9.17) is 10.5 Å². The molecule has 0 aromatic carbocycles. The first-order chi connectivity index (χ1) is 8.50. The summed E-state index contributed by atoms with van der Waals surface area (Å²) in [5, 5.41) is 4.13. The summed E-state index contributed by atoms with van der Waals surface area (Å²) in [4.78, 5) is 12.2. The molecule has 2 N–H and O–H groups in total. The number of anilines is 1. The number of hydrogen-bond acceptors (Lipinski definition) is 4. The Kier molecular flexibility index (Phi) is 3.59. The smallest absolute Gasteiger partial charge is 0.359 e. The number of ether oxygens (including phenoxy) is 1. The zero-order valence-electron chi connectivity index (χ0n) is 11.3. The molecule has 1 saturated carbocycles. The number of carbonyl (C=O) groups is 1. The fraction of sp³-hybridized carbons (Fsp3) is 0.692. The predicted molar refractivity (Wildman–Crippen MR) is 69.2 cm³/mol. The van der Waals surface area contributed by atoms with Gasteiger partial charge in [-0.1, -0.05) is 13.3 Å². The van der Waals surface area contributed by atoms with Crippen LogP contribution in [0.4, 0.5) is 5.69 Å². The number of nitrogen functional groups attached to an aromatic ring is 1. The largest absolute Gasteiger partial charge is 0.457 e. The number of esters is 1. The molecule has 1 heterocycles. The highest BCUT2D eigenvalue weighted by molar-refractivity contribution is 5.93. The number of aryl methyl sites for hydroxylation is 2. The minimum atomic E-state index is -0.352. The van der Waals surface area contributed by atoms with Gasteiger partial charge in [0.1, 0.15) is 6.10 Å². The fourth-order valence-corrected chi connectivity index (χ4v) is 2.57. The van der Waals surface area contributed by atoms with Gasteiger partial charge < -0.3 is 10.5 Å². The van der Waals surface area contributed by atoms with Gasteiger partial charge in [0.2, 0.25) is 0 Å².